The molecule has 0 radical (unpaired) electrons. The molecule has 7 heteroatoms. The van der Waals surface area contributed by atoms with Gasteiger partial charge in [0.1, 0.15) is 0 Å². The molecule has 0 unspecified atom stereocenters. The zero-order valence-electron chi connectivity index (χ0n) is 10.2. The molecule has 2 heterocycles. The van der Waals surface area contributed by atoms with Gasteiger partial charge in [-0.25, -0.2) is 4.79 Å². The lowest BCUT2D eigenvalue weighted by Crippen LogP contribution is -2.55. The van der Waals surface area contributed by atoms with Crippen LogP contribution in [-0.4, -0.2) is 52.3 Å². The first kappa shape index (κ1) is 12.6. The Labute approximate surface area is 103 Å². The zero-order chi connectivity index (χ0) is 13.3. The summed E-state index contributed by atoms with van der Waals surface area (Å²) < 4.78 is 9.89. The van der Waals surface area contributed by atoms with Crippen molar-refractivity contribution in [1.29, 1.82) is 0 Å². The predicted molar refractivity (Wildman–Crippen MR) is 59.4 cm³/mol. The highest BCUT2D eigenvalue weighted by Gasteiger charge is 2.36. The normalized spacial score (nSPS) is 18.7. The molecule has 1 aromatic heterocycles. The average molecular weight is 254 g/mol. The summed E-state index contributed by atoms with van der Waals surface area (Å²) in [4.78, 5) is 24.5. The summed E-state index contributed by atoms with van der Waals surface area (Å²) in [5.41, 5.74) is -0.445. The minimum Gasteiger partial charge on any atom is -0.475 e. The molecule has 0 bridgehead atoms. The molecule has 18 heavy (non-hydrogen) atoms. The molecule has 1 amide bonds. The van der Waals surface area contributed by atoms with Gasteiger partial charge in [-0.1, -0.05) is 5.16 Å². The Bertz CT molecular complexity index is 480. The second-order valence-corrected chi connectivity index (χ2v) is 4.70. The predicted octanol–water partition coefficient (Wildman–Crippen LogP) is 0.624. The molecule has 1 N–H and O–H groups in total. The van der Waals surface area contributed by atoms with E-state index in [1.165, 1.54) is 0 Å². The van der Waals surface area contributed by atoms with Crippen molar-refractivity contribution < 1.29 is 24.0 Å². The van der Waals surface area contributed by atoms with Gasteiger partial charge >= 0.3 is 5.97 Å². The van der Waals surface area contributed by atoms with Crippen LogP contribution in [0.5, 0.6) is 0 Å². The molecule has 7 nitrogen and oxygen atoms in total. The topological polar surface area (TPSA) is 92.9 Å². The van der Waals surface area contributed by atoms with Crippen LogP contribution in [0.15, 0.2) is 10.6 Å². The number of morpholine rings is 1. The Morgan fingerprint density at radius 1 is 1.50 bits per heavy atom. The smallest absolute Gasteiger partial charge is 0.374 e. The summed E-state index contributed by atoms with van der Waals surface area (Å²) in [7, 11) is 0. The van der Waals surface area contributed by atoms with Crippen LogP contribution in [0.25, 0.3) is 0 Å². The Hall–Kier alpha value is -1.89. The standard InChI is InChI=1S/C11H14N2O5/c1-11(2)6-17-4-3-13(11)9(14)7-5-8(10(15)16)18-12-7/h5H,3-4,6H2,1-2H3,(H,15,16). The molecule has 98 valence electrons. The number of hydrogen-bond acceptors (Lipinski definition) is 5. The monoisotopic (exact) mass is 254 g/mol. The fourth-order valence-corrected chi connectivity index (χ4v) is 1.85. The molecule has 1 aliphatic heterocycles. The summed E-state index contributed by atoms with van der Waals surface area (Å²) in [6, 6.07) is 1.14. The van der Waals surface area contributed by atoms with Crippen LogP contribution in [0.2, 0.25) is 0 Å². The Morgan fingerprint density at radius 2 is 2.22 bits per heavy atom. The van der Waals surface area contributed by atoms with E-state index in [2.05, 4.69) is 9.68 Å². The van der Waals surface area contributed by atoms with Crippen LogP contribution in [0, 0.1) is 0 Å². The first-order chi connectivity index (χ1) is 8.42. The molecule has 1 fully saturated rings. The highest BCUT2D eigenvalue weighted by molar-refractivity contribution is 5.95. The van der Waals surface area contributed by atoms with Crippen LogP contribution in [0.3, 0.4) is 0 Å². The van der Waals surface area contributed by atoms with Gasteiger partial charge in [0.2, 0.25) is 5.76 Å². The molecule has 2 rings (SSSR count). The molecular formula is C11H14N2O5. The minimum atomic E-state index is -1.25. The van der Waals surface area contributed by atoms with Crippen molar-refractivity contribution >= 4 is 11.9 Å². The van der Waals surface area contributed by atoms with E-state index in [1.54, 1.807) is 4.90 Å². The third kappa shape index (κ3) is 2.21. The Kier molecular flexibility index (Phi) is 3.08. The van der Waals surface area contributed by atoms with Gasteiger partial charge in [-0.05, 0) is 13.8 Å². The van der Waals surface area contributed by atoms with Gasteiger partial charge in [0.05, 0.1) is 18.8 Å². The van der Waals surface area contributed by atoms with Crippen molar-refractivity contribution in [2.45, 2.75) is 19.4 Å². The van der Waals surface area contributed by atoms with E-state index in [0.29, 0.717) is 19.8 Å². The maximum atomic E-state index is 12.2. The van der Waals surface area contributed by atoms with Crippen LogP contribution >= 0.6 is 0 Å². The highest BCUT2D eigenvalue weighted by Crippen LogP contribution is 2.21. The maximum Gasteiger partial charge on any atom is 0.374 e. The molecule has 0 saturated carbocycles. The number of ether oxygens (including phenoxy) is 1. The van der Waals surface area contributed by atoms with Gasteiger partial charge in [0.15, 0.2) is 5.69 Å². The average Bonchev–Trinajstić information content (AvgIpc) is 2.77. The second kappa shape index (κ2) is 4.41. The fraction of sp³-hybridized carbons (Fsp3) is 0.545. The number of aromatic carboxylic acids is 1. The number of amides is 1. The summed E-state index contributed by atoms with van der Waals surface area (Å²) in [5, 5.41) is 12.2. The van der Waals surface area contributed by atoms with Crippen molar-refractivity contribution in [2.24, 2.45) is 0 Å². The lowest BCUT2D eigenvalue weighted by atomic mass is 10.0. The molecule has 0 aliphatic carbocycles. The van der Waals surface area contributed by atoms with E-state index >= 15 is 0 Å². The largest absolute Gasteiger partial charge is 0.475 e. The first-order valence-electron chi connectivity index (χ1n) is 5.51. The Balaban J connectivity index is 2.21. The van der Waals surface area contributed by atoms with Gasteiger partial charge in [-0.2, -0.15) is 0 Å². The summed E-state index contributed by atoms with van der Waals surface area (Å²) >= 11 is 0. The highest BCUT2D eigenvalue weighted by atomic mass is 16.5. The van der Waals surface area contributed by atoms with Crippen molar-refractivity contribution in [3.63, 3.8) is 0 Å². The number of aromatic nitrogens is 1. The Morgan fingerprint density at radius 3 is 2.78 bits per heavy atom. The van der Waals surface area contributed by atoms with E-state index in [0.717, 1.165) is 6.07 Å². The van der Waals surface area contributed by atoms with E-state index in [9.17, 15) is 9.59 Å². The number of nitrogens with zero attached hydrogens (tertiary/aromatic N) is 2. The van der Waals surface area contributed by atoms with Crippen LogP contribution < -0.4 is 0 Å². The molecule has 1 saturated heterocycles. The molecular weight excluding hydrogens is 240 g/mol. The van der Waals surface area contributed by atoms with Gasteiger partial charge in [-0.3, -0.25) is 4.79 Å². The quantitative estimate of drug-likeness (QED) is 0.831. The fourth-order valence-electron chi connectivity index (χ4n) is 1.85. The number of carboxylic acid groups (broad SMARTS) is 1. The molecule has 0 atom stereocenters. The van der Waals surface area contributed by atoms with Crippen molar-refractivity contribution in [1.82, 2.24) is 10.1 Å². The number of carboxylic acids is 1. The van der Waals surface area contributed by atoms with E-state index < -0.39 is 11.5 Å². The van der Waals surface area contributed by atoms with E-state index in [4.69, 9.17) is 9.84 Å². The van der Waals surface area contributed by atoms with Crippen LogP contribution in [-0.2, 0) is 4.74 Å². The maximum absolute atomic E-state index is 12.2. The number of carbonyl (C=O) groups is 2. The summed E-state index contributed by atoms with van der Waals surface area (Å²) in [5.74, 6) is -1.94. The van der Waals surface area contributed by atoms with Gasteiger partial charge < -0.3 is 19.3 Å². The molecule has 1 aromatic rings. The van der Waals surface area contributed by atoms with E-state index in [-0.39, 0.29) is 17.4 Å². The third-order valence-electron chi connectivity index (χ3n) is 2.83. The SMILES string of the molecule is CC1(C)COCCN1C(=O)c1cc(C(=O)O)on1. The summed E-state index contributed by atoms with van der Waals surface area (Å²) in [6.45, 7) is 5.09. The van der Waals surface area contributed by atoms with Crippen LogP contribution in [0.4, 0.5) is 0 Å². The van der Waals surface area contributed by atoms with Gasteiger partial charge in [-0.15, -0.1) is 0 Å². The molecule has 0 spiro atoms. The molecule has 0 aromatic carbocycles. The molecule has 1 aliphatic rings. The van der Waals surface area contributed by atoms with Gasteiger partial charge in [0, 0.05) is 12.6 Å². The first-order valence-corrected chi connectivity index (χ1v) is 5.51. The third-order valence-corrected chi connectivity index (χ3v) is 2.83. The van der Waals surface area contributed by atoms with Crippen molar-refractivity contribution in [3.05, 3.63) is 17.5 Å². The lowest BCUT2D eigenvalue weighted by molar-refractivity contribution is -0.0374. The van der Waals surface area contributed by atoms with Crippen molar-refractivity contribution in [2.75, 3.05) is 19.8 Å². The summed E-state index contributed by atoms with van der Waals surface area (Å²) in [6.07, 6.45) is 0. The van der Waals surface area contributed by atoms with Crippen molar-refractivity contribution in [3.8, 4) is 0 Å². The van der Waals surface area contributed by atoms with Gasteiger partial charge in [0.25, 0.3) is 5.91 Å². The lowest BCUT2D eigenvalue weighted by Gasteiger charge is -2.41. The van der Waals surface area contributed by atoms with E-state index in [1.807, 2.05) is 13.8 Å². The minimum absolute atomic E-state index is 0.00220. The zero-order valence-corrected chi connectivity index (χ0v) is 10.2. The van der Waals surface area contributed by atoms with Crippen LogP contribution in [0.1, 0.15) is 34.9 Å². The number of hydrogen-bond donors (Lipinski definition) is 1. The number of carbonyl (C=O) groups excluding carboxylic acids is 1. The second-order valence-electron chi connectivity index (χ2n) is 4.70. The number of rotatable bonds is 2.